The van der Waals surface area contributed by atoms with Crippen molar-refractivity contribution in [1.82, 2.24) is 10.2 Å². The van der Waals surface area contributed by atoms with Gasteiger partial charge in [-0.15, -0.1) is 0 Å². The average Bonchev–Trinajstić information content (AvgIpc) is 2.91. The Bertz CT molecular complexity index is 1420. The Morgan fingerprint density at radius 3 is 2.26 bits per heavy atom. The number of hydrogen-bond donors (Lipinski definition) is 1. The molecular formula is C28H30Cl2FN3O4S. The summed E-state index contributed by atoms with van der Waals surface area (Å²) in [6.45, 7) is 4.97. The maximum atomic E-state index is 13.8. The lowest BCUT2D eigenvalue weighted by Crippen LogP contribution is -2.51. The Kier molecular flexibility index (Phi) is 10.4. The fourth-order valence-corrected chi connectivity index (χ4v) is 5.65. The van der Waals surface area contributed by atoms with Crippen molar-refractivity contribution in [3.05, 3.63) is 93.7 Å². The fraction of sp³-hybridized carbons (Fsp3) is 0.286. The highest BCUT2D eigenvalue weighted by atomic mass is 35.5. The van der Waals surface area contributed by atoms with Crippen LogP contribution in [0.25, 0.3) is 0 Å². The van der Waals surface area contributed by atoms with Gasteiger partial charge in [-0.2, -0.15) is 0 Å². The molecule has 1 unspecified atom stereocenters. The van der Waals surface area contributed by atoms with Crippen LogP contribution in [0, 0.1) is 12.7 Å². The lowest BCUT2D eigenvalue weighted by Gasteiger charge is -2.32. The number of rotatable bonds is 11. The number of anilines is 1. The van der Waals surface area contributed by atoms with E-state index in [9.17, 15) is 22.4 Å². The Hall–Kier alpha value is -3.14. The summed E-state index contributed by atoms with van der Waals surface area (Å²) in [5.41, 5.74) is 1.44. The van der Waals surface area contributed by atoms with E-state index in [1.165, 1.54) is 59.5 Å². The largest absolute Gasteiger partial charge is 0.354 e. The van der Waals surface area contributed by atoms with Gasteiger partial charge in [0.2, 0.25) is 11.8 Å². The molecule has 1 N–H and O–H groups in total. The summed E-state index contributed by atoms with van der Waals surface area (Å²) in [5.74, 6) is -1.51. The third kappa shape index (κ3) is 7.71. The second-order valence-electron chi connectivity index (χ2n) is 9.04. The van der Waals surface area contributed by atoms with Crippen LogP contribution in [0.5, 0.6) is 0 Å². The minimum absolute atomic E-state index is 0.0166. The van der Waals surface area contributed by atoms with Crippen LogP contribution in [0.2, 0.25) is 10.0 Å². The van der Waals surface area contributed by atoms with E-state index < -0.39 is 40.2 Å². The average molecular weight is 595 g/mol. The van der Waals surface area contributed by atoms with Crippen LogP contribution in [0.4, 0.5) is 10.1 Å². The highest BCUT2D eigenvalue weighted by Crippen LogP contribution is 2.33. The fourth-order valence-electron chi connectivity index (χ4n) is 3.79. The molecule has 0 radical (unpaired) electrons. The molecule has 0 saturated carbocycles. The molecular weight excluding hydrogens is 564 g/mol. The molecule has 3 aromatic carbocycles. The second-order valence-corrected chi connectivity index (χ2v) is 11.7. The second kappa shape index (κ2) is 13.3. The van der Waals surface area contributed by atoms with E-state index >= 15 is 0 Å². The summed E-state index contributed by atoms with van der Waals surface area (Å²) >= 11 is 12.6. The summed E-state index contributed by atoms with van der Waals surface area (Å²) < 4.78 is 42.1. The zero-order chi connectivity index (χ0) is 28.7. The molecule has 1 atom stereocenters. The van der Waals surface area contributed by atoms with Gasteiger partial charge >= 0.3 is 0 Å². The first-order chi connectivity index (χ1) is 18.4. The molecule has 0 heterocycles. The molecule has 3 aromatic rings. The highest BCUT2D eigenvalue weighted by Gasteiger charge is 2.33. The van der Waals surface area contributed by atoms with Crippen LogP contribution in [-0.2, 0) is 26.2 Å². The number of nitrogens with zero attached hydrogens (tertiary/aromatic N) is 2. The SMILES string of the molecule is CCCNC(=O)C(C)N(Cc1ccc(F)cc1)C(=O)CN(c1cc(Cl)ccc1Cl)S(=O)(=O)c1ccc(C)cc1. The third-order valence-electron chi connectivity index (χ3n) is 6.05. The van der Waals surface area contributed by atoms with Crippen LogP contribution < -0.4 is 9.62 Å². The molecule has 0 aromatic heterocycles. The van der Waals surface area contributed by atoms with Crippen LogP contribution in [-0.4, -0.2) is 44.3 Å². The van der Waals surface area contributed by atoms with Gasteiger partial charge in [0.15, 0.2) is 0 Å². The number of amides is 2. The number of hydrogen-bond acceptors (Lipinski definition) is 4. The predicted octanol–water partition coefficient (Wildman–Crippen LogP) is 5.58. The van der Waals surface area contributed by atoms with Crippen molar-refractivity contribution in [3.8, 4) is 0 Å². The van der Waals surface area contributed by atoms with Gasteiger partial charge in [0.1, 0.15) is 18.4 Å². The Morgan fingerprint density at radius 1 is 1.00 bits per heavy atom. The van der Waals surface area contributed by atoms with Gasteiger partial charge in [0.25, 0.3) is 10.0 Å². The number of benzene rings is 3. The van der Waals surface area contributed by atoms with E-state index in [1.807, 2.05) is 13.8 Å². The lowest BCUT2D eigenvalue weighted by molar-refractivity contribution is -0.139. The predicted molar refractivity (Wildman–Crippen MR) is 152 cm³/mol. The molecule has 11 heteroatoms. The molecule has 7 nitrogen and oxygen atoms in total. The number of carbonyl (C=O) groups excluding carboxylic acids is 2. The van der Waals surface area contributed by atoms with Crippen LogP contribution in [0.3, 0.4) is 0 Å². The zero-order valence-electron chi connectivity index (χ0n) is 21.8. The summed E-state index contributed by atoms with van der Waals surface area (Å²) in [6, 6.07) is 15.0. The van der Waals surface area contributed by atoms with Crippen molar-refractivity contribution >= 4 is 50.7 Å². The Morgan fingerprint density at radius 2 is 1.64 bits per heavy atom. The molecule has 0 aliphatic heterocycles. The molecule has 0 bridgehead atoms. The maximum absolute atomic E-state index is 13.8. The van der Waals surface area contributed by atoms with Crippen LogP contribution in [0.1, 0.15) is 31.4 Å². The highest BCUT2D eigenvalue weighted by molar-refractivity contribution is 7.92. The van der Waals surface area contributed by atoms with Crippen LogP contribution in [0.15, 0.2) is 71.6 Å². The first kappa shape index (κ1) is 30.4. The Labute approximate surface area is 238 Å². The Balaban J connectivity index is 2.05. The maximum Gasteiger partial charge on any atom is 0.264 e. The topological polar surface area (TPSA) is 86.8 Å². The van der Waals surface area contributed by atoms with E-state index in [2.05, 4.69) is 5.32 Å². The van der Waals surface area contributed by atoms with Crippen molar-refractivity contribution in [2.24, 2.45) is 0 Å². The molecule has 0 saturated heterocycles. The molecule has 2 amide bonds. The number of sulfonamides is 1. The van der Waals surface area contributed by atoms with Crippen molar-refractivity contribution in [1.29, 1.82) is 0 Å². The minimum atomic E-state index is -4.28. The van der Waals surface area contributed by atoms with Crippen LogP contribution >= 0.6 is 23.2 Å². The molecule has 39 heavy (non-hydrogen) atoms. The summed E-state index contributed by atoms with van der Waals surface area (Å²) in [6.07, 6.45) is 0.695. The normalized spacial score (nSPS) is 12.1. The van der Waals surface area contributed by atoms with Gasteiger partial charge in [-0.25, -0.2) is 12.8 Å². The van der Waals surface area contributed by atoms with Gasteiger partial charge in [-0.05, 0) is 68.3 Å². The molecule has 0 spiro atoms. The van der Waals surface area contributed by atoms with Crippen molar-refractivity contribution in [3.63, 3.8) is 0 Å². The summed E-state index contributed by atoms with van der Waals surface area (Å²) in [5, 5.41) is 3.06. The smallest absolute Gasteiger partial charge is 0.264 e. The van der Waals surface area contributed by atoms with E-state index in [1.54, 1.807) is 19.1 Å². The molecule has 3 rings (SSSR count). The lowest BCUT2D eigenvalue weighted by atomic mass is 10.1. The standard InChI is InChI=1S/C28H30Cl2FN3O4S/c1-4-15-32-28(36)20(3)33(17-21-7-10-23(31)11-8-21)27(35)18-34(26-16-22(29)9-14-25(26)30)39(37,38)24-12-5-19(2)6-13-24/h5-14,16,20H,4,15,17-18H2,1-3H3,(H,32,36). The van der Waals surface area contributed by atoms with Crippen molar-refractivity contribution in [2.75, 3.05) is 17.4 Å². The monoisotopic (exact) mass is 593 g/mol. The van der Waals surface area contributed by atoms with Crippen molar-refractivity contribution in [2.45, 2.75) is 44.7 Å². The van der Waals surface area contributed by atoms with Gasteiger partial charge in [-0.3, -0.25) is 13.9 Å². The van der Waals surface area contributed by atoms with E-state index in [4.69, 9.17) is 23.2 Å². The molecule has 0 aliphatic carbocycles. The van der Waals surface area contributed by atoms with E-state index in [0.29, 0.717) is 18.5 Å². The minimum Gasteiger partial charge on any atom is -0.354 e. The van der Waals surface area contributed by atoms with E-state index in [-0.39, 0.29) is 27.2 Å². The molecule has 0 aliphatic rings. The molecule has 208 valence electrons. The van der Waals surface area contributed by atoms with E-state index in [0.717, 1.165) is 9.87 Å². The van der Waals surface area contributed by atoms with Gasteiger partial charge in [0.05, 0.1) is 15.6 Å². The summed E-state index contributed by atoms with van der Waals surface area (Å²) in [7, 11) is -4.28. The quantitative estimate of drug-likeness (QED) is 0.314. The number of halogens is 3. The zero-order valence-corrected chi connectivity index (χ0v) is 24.2. The number of nitrogens with one attached hydrogen (secondary N) is 1. The third-order valence-corrected chi connectivity index (χ3v) is 8.38. The van der Waals surface area contributed by atoms with Crippen molar-refractivity contribution < 1.29 is 22.4 Å². The summed E-state index contributed by atoms with van der Waals surface area (Å²) in [4.78, 5) is 27.9. The molecule has 0 fully saturated rings. The van der Waals surface area contributed by atoms with Gasteiger partial charge < -0.3 is 10.2 Å². The van der Waals surface area contributed by atoms with Gasteiger partial charge in [-0.1, -0.05) is 60.0 Å². The first-order valence-corrected chi connectivity index (χ1v) is 14.5. The van der Waals surface area contributed by atoms with Gasteiger partial charge in [0, 0.05) is 18.1 Å². The number of carbonyl (C=O) groups is 2. The first-order valence-electron chi connectivity index (χ1n) is 12.3. The number of aryl methyl sites for hydroxylation is 1.